The second-order valence-electron chi connectivity index (χ2n) is 8.31. The van der Waals surface area contributed by atoms with Crippen molar-refractivity contribution in [1.82, 2.24) is 20.3 Å². The minimum Gasteiger partial charge on any atom is -0.478 e. The Bertz CT molecular complexity index is 1300. The van der Waals surface area contributed by atoms with E-state index in [4.69, 9.17) is 4.98 Å². The highest BCUT2D eigenvalue weighted by Gasteiger charge is 2.24. The van der Waals surface area contributed by atoms with Crippen molar-refractivity contribution in [3.63, 3.8) is 0 Å². The van der Waals surface area contributed by atoms with E-state index in [1.165, 1.54) is 6.20 Å². The van der Waals surface area contributed by atoms with Crippen LogP contribution in [0.5, 0.6) is 0 Å². The molecule has 3 heterocycles. The van der Waals surface area contributed by atoms with Crippen LogP contribution in [0, 0.1) is 0 Å². The van der Waals surface area contributed by atoms with Gasteiger partial charge in [0.25, 0.3) is 0 Å². The van der Waals surface area contributed by atoms with E-state index >= 15 is 0 Å². The fourth-order valence-electron chi connectivity index (χ4n) is 4.48. The normalized spacial score (nSPS) is 18.7. The molecule has 0 atom stereocenters. The predicted octanol–water partition coefficient (Wildman–Crippen LogP) is 4.49. The standard InChI is InChI=1S/C25H25N5O2/c1-26-17-6-8-18(9-7-17)29-23-19(25(31)32)14-28-22-11-10-21(30-24(22)23)16-12-15-4-2-3-5-20(15)27-13-16/h2-5,10-14,17-18,26H,6-9H2,1H3,(H,28,29)(H,31,32). The van der Waals surface area contributed by atoms with Crippen LogP contribution in [0.15, 0.2) is 54.9 Å². The zero-order valence-electron chi connectivity index (χ0n) is 17.9. The number of hydrogen-bond acceptors (Lipinski definition) is 6. The summed E-state index contributed by atoms with van der Waals surface area (Å²) in [6.45, 7) is 0. The summed E-state index contributed by atoms with van der Waals surface area (Å²) in [4.78, 5) is 25.7. The number of pyridine rings is 3. The predicted molar refractivity (Wildman–Crippen MR) is 126 cm³/mol. The lowest BCUT2D eigenvalue weighted by Crippen LogP contribution is -2.35. The number of rotatable bonds is 5. The number of benzene rings is 1. The van der Waals surface area contributed by atoms with Gasteiger partial charge in [-0.3, -0.25) is 9.97 Å². The van der Waals surface area contributed by atoms with Crippen LogP contribution >= 0.6 is 0 Å². The summed E-state index contributed by atoms with van der Waals surface area (Å²) in [7, 11) is 1.99. The van der Waals surface area contributed by atoms with Crippen molar-refractivity contribution in [2.24, 2.45) is 0 Å². The summed E-state index contributed by atoms with van der Waals surface area (Å²) < 4.78 is 0. The van der Waals surface area contributed by atoms with Gasteiger partial charge in [-0.25, -0.2) is 9.78 Å². The van der Waals surface area contributed by atoms with Crippen molar-refractivity contribution >= 4 is 33.6 Å². The van der Waals surface area contributed by atoms with Crippen LogP contribution in [-0.2, 0) is 0 Å². The molecule has 0 aliphatic heterocycles. The van der Waals surface area contributed by atoms with Crippen molar-refractivity contribution in [2.45, 2.75) is 37.8 Å². The number of carboxylic acid groups (broad SMARTS) is 1. The molecular weight excluding hydrogens is 402 g/mol. The topological polar surface area (TPSA) is 100 Å². The monoisotopic (exact) mass is 427 g/mol. The Hall–Kier alpha value is -3.58. The van der Waals surface area contributed by atoms with Gasteiger partial charge in [-0.2, -0.15) is 0 Å². The van der Waals surface area contributed by atoms with Gasteiger partial charge in [0.1, 0.15) is 11.1 Å². The highest BCUT2D eigenvalue weighted by molar-refractivity contribution is 6.03. The summed E-state index contributed by atoms with van der Waals surface area (Å²) in [5.41, 5.74) is 4.48. The number of nitrogens with one attached hydrogen (secondary N) is 2. The van der Waals surface area contributed by atoms with E-state index in [2.05, 4.69) is 26.7 Å². The number of aromatic nitrogens is 3. The van der Waals surface area contributed by atoms with Gasteiger partial charge in [0.15, 0.2) is 0 Å². The first-order valence-corrected chi connectivity index (χ1v) is 10.9. The van der Waals surface area contributed by atoms with Crippen LogP contribution in [0.25, 0.3) is 33.2 Å². The van der Waals surface area contributed by atoms with Crippen LogP contribution in [0.1, 0.15) is 36.0 Å². The number of carboxylic acids is 1. The second-order valence-corrected chi connectivity index (χ2v) is 8.31. The molecule has 0 bridgehead atoms. The van der Waals surface area contributed by atoms with E-state index in [9.17, 15) is 9.90 Å². The van der Waals surface area contributed by atoms with E-state index in [0.717, 1.165) is 47.8 Å². The molecule has 32 heavy (non-hydrogen) atoms. The number of nitrogens with zero attached hydrogens (tertiary/aromatic N) is 3. The molecule has 1 fully saturated rings. The molecule has 0 amide bonds. The molecule has 0 spiro atoms. The maximum Gasteiger partial charge on any atom is 0.339 e. The van der Waals surface area contributed by atoms with Crippen LogP contribution in [0.4, 0.5) is 5.69 Å². The summed E-state index contributed by atoms with van der Waals surface area (Å²) in [5.74, 6) is -1.01. The smallest absolute Gasteiger partial charge is 0.339 e. The lowest BCUT2D eigenvalue weighted by Gasteiger charge is -2.30. The molecule has 3 N–H and O–H groups in total. The zero-order valence-corrected chi connectivity index (χ0v) is 17.9. The van der Waals surface area contributed by atoms with Crippen LogP contribution in [0.3, 0.4) is 0 Å². The van der Waals surface area contributed by atoms with Crippen molar-refractivity contribution in [3.05, 3.63) is 60.4 Å². The van der Waals surface area contributed by atoms with Gasteiger partial charge < -0.3 is 15.7 Å². The first kappa shape index (κ1) is 20.3. The molecule has 7 nitrogen and oxygen atoms in total. The Morgan fingerprint density at radius 2 is 1.72 bits per heavy atom. The average molecular weight is 428 g/mol. The quantitative estimate of drug-likeness (QED) is 0.432. The van der Waals surface area contributed by atoms with Gasteiger partial charge in [-0.1, -0.05) is 18.2 Å². The number of anilines is 1. The number of hydrogen-bond donors (Lipinski definition) is 3. The molecule has 5 rings (SSSR count). The molecule has 7 heteroatoms. The first-order chi connectivity index (χ1) is 15.6. The molecule has 1 saturated carbocycles. The molecule has 0 radical (unpaired) electrons. The molecule has 4 aromatic rings. The second kappa shape index (κ2) is 8.51. The van der Waals surface area contributed by atoms with E-state index in [1.54, 1.807) is 6.20 Å². The third-order valence-corrected chi connectivity index (χ3v) is 6.31. The number of aromatic carboxylic acids is 1. The van der Waals surface area contributed by atoms with Crippen LogP contribution < -0.4 is 10.6 Å². The van der Waals surface area contributed by atoms with Gasteiger partial charge in [0.2, 0.25) is 0 Å². The first-order valence-electron chi connectivity index (χ1n) is 10.9. The van der Waals surface area contributed by atoms with Crippen LogP contribution in [-0.4, -0.2) is 45.2 Å². The van der Waals surface area contributed by atoms with Crippen molar-refractivity contribution in [3.8, 4) is 11.3 Å². The average Bonchev–Trinajstić information content (AvgIpc) is 2.84. The SMILES string of the molecule is CNC1CCC(Nc2c(C(=O)O)cnc3ccc(-c4cnc5ccccc5c4)nc23)CC1. The van der Waals surface area contributed by atoms with Gasteiger partial charge in [0.05, 0.1) is 22.4 Å². The fourth-order valence-corrected chi connectivity index (χ4v) is 4.48. The van der Waals surface area contributed by atoms with Crippen molar-refractivity contribution in [1.29, 1.82) is 0 Å². The Balaban J connectivity index is 1.57. The molecule has 3 aromatic heterocycles. The van der Waals surface area contributed by atoms with E-state index < -0.39 is 5.97 Å². The largest absolute Gasteiger partial charge is 0.478 e. The molecular formula is C25H25N5O2. The Kier molecular flexibility index (Phi) is 5.41. The minimum absolute atomic E-state index is 0.148. The van der Waals surface area contributed by atoms with Gasteiger partial charge in [-0.05, 0) is 57.0 Å². The van der Waals surface area contributed by atoms with Crippen molar-refractivity contribution < 1.29 is 9.90 Å². The van der Waals surface area contributed by atoms with Crippen molar-refractivity contribution in [2.75, 3.05) is 12.4 Å². The number of para-hydroxylation sites is 1. The van der Waals surface area contributed by atoms with Crippen LogP contribution in [0.2, 0.25) is 0 Å². The molecule has 1 aliphatic rings. The fraction of sp³-hybridized carbons (Fsp3) is 0.280. The minimum atomic E-state index is -1.01. The van der Waals surface area contributed by atoms with Gasteiger partial charge in [0, 0.05) is 35.4 Å². The van der Waals surface area contributed by atoms with E-state index in [-0.39, 0.29) is 11.6 Å². The Labute approximate surface area is 185 Å². The zero-order chi connectivity index (χ0) is 22.1. The third kappa shape index (κ3) is 3.87. The summed E-state index contributed by atoms with van der Waals surface area (Å²) >= 11 is 0. The lowest BCUT2D eigenvalue weighted by molar-refractivity contribution is 0.0697. The van der Waals surface area contributed by atoms with E-state index in [0.29, 0.717) is 22.8 Å². The van der Waals surface area contributed by atoms with Gasteiger partial charge in [-0.15, -0.1) is 0 Å². The lowest BCUT2D eigenvalue weighted by atomic mass is 9.91. The third-order valence-electron chi connectivity index (χ3n) is 6.31. The Morgan fingerprint density at radius 3 is 2.50 bits per heavy atom. The highest BCUT2D eigenvalue weighted by Crippen LogP contribution is 2.31. The highest BCUT2D eigenvalue weighted by atomic mass is 16.4. The van der Waals surface area contributed by atoms with E-state index in [1.807, 2.05) is 43.4 Å². The summed E-state index contributed by atoms with van der Waals surface area (Å²) in [6.07, 6.45) is 7.29. The maximum atomic E-state index is 12.0. The number of carbonyl (C=O) groups is 1. The molecule has 1 aromatic carbocycles. The maximum absolute atomic E-state index is 12.0. The number of fused-ring (bicyclic) bond motifs is 2. The molecule has 162 valence electrons. The Morgan fingerprint density at radius 1 is 0.969 bits per heavy atom. The summed E-state index contributed by atoms with van der Waals surface area (Å²) in [6, 6.07) is 14.5. The molecule has 1 aliphatic carbocycles. The molecule has 0 unspecified atom stereocenters. The summed E-state index contributed by atoms with van der Waals surface area (Å²) in [5, 5.41) is 17.7. The van der Waals surface area contributed by atoms with Gasteiger partial charge >= 0.3 is 5.97 Å². The molecule has 0 saturated heterocycles.